The largest absolute Gasteiger partial charge is 0.387 e. The Morgan fingerprint density at radius 3 is 2.25 bits per heavy atom. The Labute approximate surface area is 95.2 Å². The number of Topliss-reactive ketones (excluding diaryl/α,β-unsaturated/α-hetero) is 1. The number of hydrogen-bond acceptors (Lipinski definition) is 2. The van der Waals surface area contributed by atoms with Gasteiger partial charge >= 0.3 is 0 Å². The molecular formula is C13H16N2O. The van der Waals surface area contributed by atoms with E-state index in [0.29, 0.717) is 25.7 Å². The fourth-order valence-corrected chi connectivity index (χ4v) is 2.43. The van der Waals surface area contributed by atoms with Gasteiger partial charge in [-0.05, 0) is 18.4 Å². The lowest BCUT2D eigenvalue weighted by atomic mass is 9.68. The molecule has 1 saturated carbocycles. The number of nitrogens with two attached hydrogens (primary N) is 1. The summed E-state index contributed by atoms with van der Waals surface area (Å²) in [6, 6.07) is 9.85. The van der Waals surface area contributed by atoms with Crippen LogP contribution >= 0.6 is 0 Å². The number of hydrogen-bond donors (Lipinski definition) is 2. The predicted molar refractivity (Wildman–Crippen MR) is 63.5 cm³/mol. The van der Waals surface area contributed by atoms with Crippen LogP contribution in [0.3, 0.4) is 0 Å². The highest BCUT2D eigenvalue weighted by atomic mass is 16.1. The highest BCUT2D eigenvalue weighted by Gasteiger charge is 2.39. The van der Waals surface area contributed by atoms with Crippen LogP contribution in [0.4, 0.5) is 0 Å². The molecule has 0 aliphatic heterocycles. The maximum atomic E-state index is 11.3. The minimum atomic E-state index is -0.408. The van der Waals surface area contributed by atoms with Gasteiger partial charge in [0.1, 0.15) is 11.6 Å². The second-order valence-corrected chi connectivity index (χ2v) is 4.40. The zero-order chi connectivity index (χ0) is 11.6. The van der Waals surface area contributed by atoms with Crippen LogP contribution in [0.15, 0.2) is 30.3 Å². The molecule has 0 heterocycles. The summed E-state index contributed by atoms with van der Waals surface area (Å²) in [4.78, 5) is 11.3. The maximum Gasteiger partial charge on any atom is 0.133 e. The molecule has 1 aliphatic rings. The fourth-order valence-electron chi connectivity index (χ4n) is 2.43. The third-order valence-electron chi connectivity index (χ3n) is 3.50. The maximum absolute atomic E-state index is 11.3. The van der Waals surface area contributed by atoms with Crippen LogP contribution in [0.25, 0.3) is 0 Å². The first kappa shape index (κ1) is 10.9. The van der Waals surface area contributed by atoms with Crippen molar-refractivity contribution in [1.82, 2.24) is 0 Å². The molecule has 2 rings (SSSR count). The molecule has 0 unspecified atom stereocenters. The highest BCUT2D eigenvalue weighted by molar-refractivity contribution is 5.92. The zero-order valence-corrected chi connectivity index (χ0v) is 9.20. The standard InChI is InChI=1S/C13H16N2O/c14-12(15)13(8-6-11(16)7-9-13)10-4-2-1-3-5-10/h1-5H,6-9H2,(H3,14,15). The monoisotopic (exact) mass is 216 g/mol. The number of carbonyl (C=O) groups is 1. The first-order valence-corrected chi connectivity index (χ1v) is 5.57. The van der Waals surface area contributed by atoms with Gasteiger partial charge in [0.05, 0.1) is 5.41 Å². The lowest BCUT2D eigenvalue weighted by Gasteiger charge is -2.36. The quantitative estimate of drug-likeness (QED) is 0.586. The molecule has 1 aromatic carbocycles. The normalized spacial score (nSPS) is 19.4. The number of rotatable bonds is 2. The van der Waals surface area contributed by atoms with Crippen molar-refractivity contribution in [1.29, 1.82) is 5.41 Å². The molecule has 1 fully saturated rings. The summed E-state index contributed by atoms with van der Waals surface area (Å²) in [7, 11) is 0. The van der Waals surface area contributed by atoms with Crippen molar-refractivity contribution < 1.29 is 4.79 Å². The summed E-state index contributed by atoms with van der Waals surface area (Å²) in [6.07, 6.45) is 2.42. The molecule has 1 aliphatic carbocycles. The van der Waals surface area contributed by atoms with Crippen molar-refractivity contribution in [3.8, 4) is 0 Å². The minimum Gasteiger partial charge on any atom is -0.387 e. The minimum absolute atomic E-state index is 0.186. The molecular weight excluding hydrogens is 200 g/mol. The number of nitrogens with one attached hydrogen (secondary N) is 1. The van der Waals surface area contributed by atoms with E-state index < -0.39 is 5.41 Å². The molecule has 0 bridgehead atoms. The number of amidine groups is 1. The van der Waals surface area contributed by atoms with E-state index in [1.54, 1.807) is 0 Å². The van der Waals surface area contributed by atoms with Gasteiger partial charge in [0.2, 0.25) is 0 Å². The van der Waals surface area contributed by atoms with Gasteiger partial charge in [-0.25, -0.2) is 0 Å². The second-order valence-electron chi connectivity index (χ2n) is 4.40. The lowest BCUT2D eigenvalue weighted by Crippen LogP contribution is -2.43. The summed E-state index contributed by atoms with van der Waals surface area (Å²) in [6.45, 7) is 0. The van der Waals surface area contributed by atoms with E-state index in [1.807, 2.05) is 30.3 Å². The average molecular weight is 216 g/mol. The Morgan fingerprint density at radius 2 is 1.75 bits per heavy atom. The fraction of sp³-hybridized carbons (Fsp3) is 0.385. The summed E-state index contributed by atoms with van der Waals surface area (Å²) < 4.78 is 0. The zero-order valence-electron chi connectivity index (χ0n) is 9.20. The first-order chi connectivity index (χ1) is 7.65. The van der Waals surface area contributed by atoms with Crippen LogP contribution < -0.4 is 5.73 Å². The van der Waals surface area contributed by atoms with Crippen molar-refractivity contribution in [2.45, 2.75) is 31.1 Å². The molecule has 84 valence electrons. The van der Waals surface area contributed by atoms with Crippen LogP contribution in [-0.2, 0) is 10.2 Å². The summed E-state index contributed by atoms with van der Waals surface area (Å²) in [5, 5.41) is 7.81. The van der Waals surface area contributed by atoms with Gasteiger partial charge in [-0.2, -0.15) is 0 Å². The number of benzene rings is 1. The third kappa shape index (κ3) is 1.73. The molecule has 0 atom stereocenters. The van der Waals surface area contributed by atoms with Gasteiger partial charge in [0.15, 0.2) is 0 Å². The van der Waals surface area contributed by atoms with E-state index in [2.05, 4.69) is 0 Å². The van der Waals surface area contributed by atoms with Gasteiger partial charge in [0.25, 0.3) is 0 Å². The summed E-state index contributed by atoms with van der Waals surface area (Å²) in [5.74, 6) is 0.471. The van der Waals surface area contributed by atoms with Crippen LogP contribution in [0.2, 0.25) is 0 Å². The SMILES string of the molecule is N=C(N)C1(c2ccccc2)CCC(=O)CC1. The number of ketones is 1. The van der Waals surface area contributed by atoms with E-state index in [9.17, 15) is 4.79 Å². The topological polar surface area (TPSA) is 66.9 Å². The van der Waals surface area contributed by atoms with Crippen LogP contribution in [0.5, 0.6) is 0 Å². The second kappa shape index (κ2) is 4.08. The van der Waals surface area contributed by atoms with Crippen LogP contribution in [0.1, 0.15) is 31.2 Å². The predicted octanol–water partition coefficient (Wildman–Crippen LogP) is 2.00. The molecule has 0 radical (unpaired) electrons. The molecule has 0 saturated heterocycles. The van der Waals surface area contributed by atoms with Gasteiger partial charge < -0.3 is 5.73 Å². The molecule has 1 aromatic rings. The first-order valence-electron chi connectivity index (χ1n) is 5.57. The lowest BCUT2D eigenvalue weighted by molar-refractivity contribution is -0.120. The van der Waals surface area contributed by atoms with Crippen LogP contribution in [0, 0.1) is 5.41 Å². The third-order valence-corrected chi connectivity index (χ3v) is 3.50. The molecule has 3 N–H and O–H groups in total. The van der Waals surface area contributed by atoms with Crippen molar-refractivity contribution in [3.63, 3.8) is 0 Å². The van der Waals surface area contributed by atoms with E-state index >= 15 is 0 Å². The molecule has 3 heteroatoms. The molecule has 16 heavy (non-hydrogen) atoms. The summed E-state index contributed by atoms with van der Waals surface area (Å²) >= 11 is 0. The van der Waals surface area contributed by atoms with Crippen molar-refractivity contribution in [2.75, 3.05) is 0 Å². The van der Waals surface area contributed by atoms with Gasteiger partial charge in [0, 0.05) is 12.8 Å². The number of carbonyl (C=O) groups excluding carboxylic acids is 1. The van der Waals surface area contributed by atoms with Gasteiger partial charge in [-0.15, -0.1) is 0 Å². The van der Waals surface area contributed by atoms with Crippen molar-refractivity contribution >= 4 is 11.6 Å². The van der Waals surface area contributed by atoms with E-state index in [1.165, 1.54) is 0 Å². The Kier molecular flexibility index (Phi) is 2.77. The van der Waals surface area contributed by atoms with Crippen LogP contribution in [-0.4, -0.2) is 11.6 Å². The van der Waals surface area contributed by atoms with Gasteiger partial charge in [-0.1, -0.05) is 30.3 Å². The summed E-state index contributed by atoms with van der Waals surface area (Å²) in [5.41, 5.74) is 6.41. The Morgan fingerprint density at radius 1 is 1.19 bits per heavy atom. The molecule has 0 amide bonds. The molecule has 0 spiro atoms. The average Bonchev–Trinajstić information content (AvgIpc) is 2.31. The van der Waals surface area contributed by atoms with E-state index in [-0.39, 0.29) is 11.6 Å². The smallest absolute Gasteiger partial charge is 0.133 e. The van der Waals surface area contributed by atoms with Crippen molar-refractivity contribution in [3.05, 3.63) is 35.9 Å². The van der Waals surface area contributed by atoms with E-state index in [0.717, 1.165) is 5.56 Å². The molecule has 3 nitrogen and oxygen atoms in total. The van der Waals surface area contributed by atoms with E-state index in [4.69, 9.17) is 11.1 Å². The Balaban J connectivity index is 2.37. The van der Waals surface area contributed by atoms with Gasteiger partial charge in [-0.3, -0.25) is 10.2 Å². The Bertz CT molecular complexity index is 401. The highest BCUT2D eigenvalue weighted by Crippen LogP contribution is 2.38. The molecule has 0 aromatic heterocycles. The Hall–Kier alpha value is -1.64. The van der Waals surface area contributed by atoms with Crippen molar-refractivity contribution in [2.24, 2.45) is 5.73 Å².